The first-order valence-electron chi connectivity index (χ1n) is 8.12. The number of aliphatic hydroxyl groups excluding tert-OH is 1. The first-order valence-corrected chi connectivity index (χ1v) is 8.12. The predicted molar refractivity (Wildman–Crippen MR) is 80.8 cm³/mol. The Morgan fingerprint density at radius 2 is 2.30 bits per heavy atom. The van der Waals surface area contributed by atoms with E-state index in [9.17, 15) is 9.59 Å². The van der Waals surface area contributed by atoms with Gasteiger partial charge >= 0.3 is 0 Å². The van der Waals surface area contributed by atoms with Gasteiger partial charge in [-0.1, -0.05) is 11.6 Å². The molecular weight excluding hydrogens is 298 g/mol. The van der Waals surface area contributed by atoms with Gasteiger partial charge in [-0.3, -0.25) is 9.59 Å². The Hall–Kier alpha value is -1.96. The molecule has 3 rings (SSSR count). The molecule has 0 aliphatic heterocycles. The second-order valence-corrected chi connectivity index (χ2v) is 6.73. The first kappa shape index (κ1) is 15.9. The van der Waals surface area contributed by atoms with E-state index in [2.05, 4.69) is 15.6 Å². The third-order valence-electron chi connectivity index (χ3n) is 5.24. The second kappa shape index (κ2) is 6.27. The molecule has 2 fully saturated rings. The average molecular weight is 321 g/mol. The molecule has 126 valence electrons. The van der Waals surface area contributed by atoms with Gasteiger partial charge in [0.2, 0.25) is 11.8 Å². The van der Waals surface area contributed by atoms with Crippen molar-refractivity contribution in [1.29, 1.82) is 0 Å². The number of carbonyl (C=O) groups excluding carboxylic acids is 2. The van der Waals surface area contributed by atoms with Crippen LogP contribution in [-0.4, -0.2) is 38.5 Å². The lowest BCUT2D eigenvalue weighted by Crippen LogP contribution is -2.36. The third kappa shape index (κ3) is 3.36. The topological polar surface area (TPSA) is 123 Å². The monoisotopic (exact) mass is 321 g/mol. The quantitative estimate of drug-likeness (QED) is 0.616. The molecule has 4 N–H and O–H groups in total. The minimum Gasteiger partial charge on any atom is -0.390 e. The SMILES string of the molecule is NC(=O)CCC(C(=O)NCC1CC12CCC2)n1cc(CO)nn1. The summed E-state index contributed by atoms with van der Waals surface area (Å²) in [6, 6.07) is -0.633. The summed E-state index contributed by atoms with van der Waals surface area (Å²) >= 11 is 0. The number of carbonyl (C=O) groups is 2. The van der Waals surface area contributed by atoms with Crippen LogP contribution < -0.4 is 11.1 Å². The van der Waals surface area contributed by atoms with Gasteiger partial charge in [0.1, 0.15) is 11.7 Å². The molecular formula is C15H23N5O3. The fraction of sp³-hybridized carbons (Fsp3) is 0.733. The first-order chi connectivity index (χ1) is 11.0. The van der Waals surface area contributed by atoms with Crippen molar-refractivity contribution in [1.82, 2.24) is 20.3 Å². The predicted octanol–water partition coefficient (Wildman–Crippen LogP) is -0.117. The molecule has 0 radical (unpaired) electrons. The van der Waals surface area contributed by atoms with Gasteiger partial charge in [0.05, 0.1) is 12.8 Å². The molecule has 2 aliphatic rings. The summed E-state index contributed by atoms with van der Waals surface area (Å²) in [5, 5.41) is 19.7. The van der Waals surface area contributed by atoms with E-state index < -0.39 is 11.9 Å². The highest BCUT2D eigenvalue weighted by Crippen LogP contribution is 2.65. The van der Waals surface area contributed by atoms with Crippen LogP contribution in [0.25, 0.3) is 0 Å². The minimum atomic E-state index is -0.633. The zero-order valence-corrected chi connectivity index (χ0v) is 13.1. The molecule has 2 unspecified atom stereocenters. The lowest BCUT2D eigenvalue weighted by molar-refractivity contribution is -0.125. The summed E-state index contributed by atoms with van der Waals surface area (Å²) < 4.78 is 1.40. The second-order valence-electron chi connectivity index (χ2n) is 6.73. The van der Waals surface area contributed by atoms with Crippen LogP contribution in [-0.2, 0) is 16.2 Å². The molecule has 2 aliphatic carbocycles. The van der Waals surface area contributed by atoms with Crippen molar-refractivity contribution in [2.45, 2.75) is 51.2 Å². The van der Waals surface area contributed by atoms with Crippen LogP contribution in [0.15, 0.2) is 6.20 Å². The van der Waals surface area contributed by atoms with E-state index in [4.69, 9.17) is 10.8 Å². The van der Waals surface area contributed by atoms with Crippen molar-refractivity contribution < 1.29 is 14.7 Å². The number of nitrogens with one attached hydrogen (secondary N) is 1. The van der Waals surface area contributed by atoms with Crippen LogP contribution in [0.3, 0.4) is 0 Å². The van der Waals surface area contributed by atoms with Gasteiger partial charge in [-0.25, -0.2) is 4.68 Å². The van der Waals surface area contributed by atoms with Crippen molar-refractivity contribution in [2.75, 3.05) is 6.54 Å². The summed E-state index contributed by atoms with van der Waals surface area (Å²) in [7, 11) is 0. The van der Waals surface area contributed by atoms with Gasteiger partial charge in [0.25, 0.3) is 0 Å². The molecule has 2 amide bonds. The number of nitrogens with zero attached hydrogens (tertiary/aromatic N) is 3. The summed E-state index contributed by atoms with van der Waals surface area (Å²) in [6.45, 7) is 0.433. The van der Waals surface area contributed by atoms with E-state index in [1.54, 1.807) is 0 Å². The van der Waals surface area contributed by atoms with E-state index >= 15 is 0 Å². The summed E-state index contributed by atoms with van der Waals surface area (Å²) in [4.78, 5) is 23.5. The van der Waals surface area contributed by atoms with Gasteiger partial charge in [0.15, 0.2) is 0 Å². The smallest absolute Gasteiger partial charge is 0.244 e. The number of primary amides is 1. The third-order valence-corrected chi connectivity index (χ3v) is 5.24. The fourth-order valence-corrected chi connectivity index (χ4v) is 3.51. The van der Waals surface area contributed by atoms with E-state index in [0.29, 0.717) is 23.6 Å². The Kier molecular flexibility index (Phi) is 4.34. The largest absolute Gasteiger partial charge is 0.390 e. The zero-order chi connectivity index (χ0) is 16.4. The van der Waals surface area contributed by atoms with Crippen LogP contribution in [0.2, 0.25) is 0 Å². The molecule has 23 heavy (non-hydrogen) atoms. The van der Waals surface area contributed by atoms with Crippen LogP contribution in [0.4, 0.5) is 0 Å². The van der Waals surface area contributed by atoms with Gasteiger partial charge in [-0.2, -0.15) is 0 Å². The van der Waals surface area contributed by atoms with E-state index in [1.807, 2.05) is 0 Å². The highest BCUT2D eigenvalue weighted by atomic mass is 16.3. The van der Waals surface area contributed by atoms with E-state index in [-0.39, 0.29) is 25.4 Å². The molecule has 0 aromatic carbocycles. The number of amides is 2. The Morgan fingerprint density at radius 3 is 2.83 bits per heavy atom. The number of rotatable bonds is 8. The highest BCUT2D eigenvalue weighted by molar-refractivity contribution is 5.81. The summed E-state index contributed by atoms with van der Waals surface area (Å²) in [5.41, 5.74) is 6.08. The lowest BCUT2D eigenvalue weighted by Gasteiger charge is -2.27. The molecule has 2 saturated carbocycles. The Bertz CT molecular complexity index is 596. The molecule has 1 aromatic rings. The Balaban J connectivity index is 1.59. The Morgan fingerprint density at radius 1 is 1.52 bits per heavy atom. The van der Waals surface area contributed by atoms with Crippen LogP contribution >= 0.6 is 0 Å². The molecule has 8 heteroatoms. The van der Waals surface area contributed by atoms with Gasteiger partial charge in [-0.15, -0.1) is 5.10 Å². The van der Waals surface area contributed by atoms with Crippen molar-refractivity contribution in [3.8, 4) is 0 Å². The van der Waals surface area contributed by atoms with Crippen molar-refractivity contribution in [3.05, 3.63) is 11.9 Å². The molecule has 1 heterocycles. The maximum atomic E-state index is 12.5. The van der Waals surface area contributed by atoms with Crippen LogP contribution in [0.1, 0.15) is 50.3 Å². The maximum absolute atomic E-state index is 12.5. The van der Waals surface area contributed by atoms with Crippen molar-refractivity contribution >= 4 is 11.8 Å². The number of aliphatic hydroxyl groups is 1. The maximum Gasteiger partial charge on any atom is 0.244 e. The summed E-state index contributed by atoms with van der Waals surface area (Å²) in [6.07, 6.45) is 6.95. The van der Waals surface area contributed by atoms with Gasteiger partial charge in [0, 0.05) is 13.0 Å². The molecule has 2 atom stereocenters. The fourth-order valence-electron chi connectivity index (χ4n) is 3.51. The van der Waals surface area contributed by atoms with E-state index in [1.165, 1.54) is 36.6 Å². The number of aromatic nitrogens is 3. The molecule has 0 saturated heterocycles. The lowest BCUT2D eigenvalue weighted by atomic mass is 9.80. The normalized spacial score (nSPS) is 22.4. The van der Waals surface area contributed by atoms with Crippen molar-refractivity contribution in [3.63, 3.8) is 0 Å². The van der Waals surface area contributed by atoms with Crippen molar-refractivity contribution in [2.24, 2.45) is 17.1 Å². The number of nitrogens with two attached hydrogens (primary N) is 1. The molecule has 0 bridgehead atoms. The van der Waals surface area contributed by atoms with Crippen LogP contribution in [0.5, 0.6) is 0 Å². The zero-order valence-electron chi connectivity index (χ0n) is 13.1. The number of hydrogen-bond donors (Lipinski definition) is 3. The number of hydrogen-bond acceptors (Lipinski definition) is 5. The Labute approximate surface area is 134 Å². The molecule has 1 aromatic heterocycles. The van der Waals surface area contributed by atoms with Gasteiger partial charge in [-0.05, 0) is 37.0 Å². The molecule has 8 nitrogen and oxygen atoms in total. The standard InChI is InChI=1S/C15H23N5O3/c16-13(22)3-2-12(20-8-11(9-21)18-19-20)14(23)17-7-10-6-15(10)4-1-5-15/h8,10,12,21H,1-7,9H2,(H2,16,22)(H,17,23). The molecule has 1 spiro atoms. The summed E-state index contributed by atoms with van der Waals surface area (Å²) in [5.74, 6) is -0.0522. The van der Waals surface area contributed by atoms with E-state index in [0.717, 1.165) is 0 Å². The highest BCUT2D eigenvalue weighted by Gasteiger charge is 2.57. The minimum absolute atomic E-state index is 0.0970. The van der Waals surface area contributed by atoms with Gasteiger partial charge < -0.3 is 16.2 Å². The van der Waals surface area contributed by atoms with Crippen LogP contribution in [0, 0.1) is 11.3 Å². The average Bonchev–Trinajstić information content (AvgIpc) is 3.06.